The summed E-state index contributed by atoms with van der Waals surface area (Å²) >= 11 is 0. The molecule has 0 spiro atoms. The van der Waals surface area contributed by atoms with Crippen LogP contribution < -0.4 is 5.32 Å². The first-order chi connectivity index (χ1) is 9.72. The van der Waals surface area contributed by atoms with Crippen molar-refractivity contribution in [2.75, 3.05) is 26.8 Å². The van der Waals surface area contributed by atoms with Crippen LogP contribution in [0.4, 0.5) is 0 Å². The molecule has 1 N–H and O–H groups in total. The summed E-state index contributed by atoms with van der Waals surface area (Å²) in [6.45, 7) is 4.22. The molecule has 1 aliphatic heterocycles. The van der Waals surface area contributed by atoms with Crippen molar-refractivity contribution in [3.05, 3.63) is 11.8 Å². The van der Waals surface area contributed by atoms with Gasteiger partial charge in [-0.05, 0) is 32.1 Å². The Balaban J connectivity index is 2.56. The molecule has 112 valence electrons. The summed E-state index contributed by atoms with van der Waals surface area (Å²) < 4.78 is 4.92. The summed E-state index contributed by atoms with van der Waals surface area (Å²) in [7, 11) is 1.63. The van der Waals surface area contributed by atoms with E-state index in [1.54, 1.807) is 13.3 Å². The van der Waals surface area contributed by atoms with Crippen molar-refractivity contribution in [2.45, 2.75) is 45.1 Å². The van der Waals surface area contributed by atoms with Crippen LogP contribution >= 0.6 is 0 Å². The first-order valence-corrected chi connectivity index (χ1v) is 7.37. The number of nitrogens with one attached hydrogen (secondary N) is 1. The number of piperidine rings is 1. The summed E-state index contributed by atoms with van der Waals surface area (Å²) in [4.78, 5) is 14.1. The van der Waals surface area contributed by atoms with Gasteiger partial charge >= 0.3 is 0 Å². The van der Waals surface area contributed by atoms with Crippen LogP contribution in [-0.4, -0.2) is 43.7 Å². The Morgan fingerprint density at radius 1 is 1.55 bits per heavy atom. The number of rotatable bonds is 7. The van der Waals surface area contributed by atoms with E-state index in [1.807, 2.05) is 6.07 Å². The molecule has 1 amide bonds. The molecular formula is C15H25N3O2. The monoisotopic (exact) mass is 279 g/mol. The highest BCUT2D eigenvalue weighted by atomic mass is 16.5. The molecule has 5 nitrogen and oxygen atoms in total. The molecule has 1 fully saturated rings. The predicted octanol–water partition coefficient (Wildman–Crippen LogP) is 1.81. The zero-order valence-corrected chi connectivity index (χ0v) is 12.5. The standard InChI is InChI=1S/C15H25N3O2/c1-3-14-7-4-5-9-18(14)12-13(11-16)15(19)17-8-6-10-20-2/h12,14H,3-10H2,1-2H3,(H,17,19)/b13-12-. The van der Waals surface area contributed by atoms with Gasteiger partial charge in [0.15, 0.2) is 0 Å². The van der Waals surface area contributed by atoms with Gasteiger partial charge in [-0.2, -0.15) is 5.26 Å². The molecule has 20 heavy (non-hydrogen) atoms. The van der Waals surface area contributed by atoms with Crippen molar-refractivity contribution in [3.8, 4) is 6.07 Å². The average Bonchev–Trinajstić information content (AvgIpc) is 2.49. The molecule has 1 saturated heterocycles. The lowest BCUT2D eigenvalue weighted by Crippen LogP contribution is -2.36. The van der Waals surface area contributed by atoms with Gasteiger partial charge in [-0.3, -0.25) is 4.79 Å². The Bertz CT molecular complexity index is 374. The van der Waals surface area contributed by atoms with Crippen molar-refractivity contribution in [3.63, 3.8) is 0 Å². The predicted molar refractivity (Wildman–Crippen MR) is 77.8 cm³/mol. The van der Waals surface area contributed by atoms with Gasteiger partial charge in [-0.15, -0.1) is 0 Å². The fourth-order valence-corrected chi connectivity index (χ4v) is 2.45. The van der Waals surface area contributed by atoms with Crippen LogP contribution in [0.3, 0.4) is 0 Å². The van der Waals surface area contributed by atoms with Gasteiger partial charge in [0, 0.05) is 39.0 Å². The van der Waals surface area contributed by atoms with Crippen LogP contribution in [0.15, 0.2) is 11.8 Å². The van der Waals surface area contributed by atoms with Crippen LogP contribution in [0.25, 0.3) is 0 Å². The summed E-state index contributed by atoms with van der Waals surface area (Å²) in [6, 6.07) is 2.46. The van der Waals surface area contributed by atoms with Gasteiger partial charge < -0.3 is 15.0 Å². The number of hydrogen-bond acceptors (Lipinski definition) is 4. The van der Waals surface area contributed by atoms with Crippen molar-refractivity contribution in [1.29, 1.82) is 5.26 Å². The quantitative estimate of drug-likeness (QED) is 0.438. The molecule has 5 heteroatoms. The maximum Gasteiger partial charge on any atom is 0.263 e. The molecule has 0 saturated carbocycles. The summed E-state index contributed by atoms with van der Waals surface area (Å²) in [5.74, 6) is -0.288. The zero-order valence-electron chi connectivity index (χ0n) is 12.5. The van der Waals surface area contributed by atoms with E-state index in [0.29, 0.717) is 19.2 Å². The van der Waals surface area contributed by atoms with E-state index < -0.39 is 0 Å². The highest BCUT2D eigenvalue weighted by Crippen LogP contribution is 2.20. The van der Waals surface area contributed by atoms with Crippen LogP contribution in [0.1, 0.15) is 39.0 Å². The number of carbonyl (C=O) groups is 1. The molecule has 1 aliphatic rings. The normalized spacial score (nSPS) is 19.6. The minimum atomic E-state index is -0.288. The maximum absolute atomic E-state index is 11.9. The van der Waals surface area contributed by atoms with Gasteiger partial charge in [0.25, 0.3) is 5.91 Å². The number of nitrogens with zero attached hydrogens (tertiary/aromatic N) is 2. The third-order valence-electron chi connectivity index (χ3n) is 3.61. The van der Waals surface area contributed by atoms with E-state index in [1.165, 1.54) is 6.42 Å². The first-order valence-electron chi connectivity index (χ1n) is 7.37. The molecule has 1 heterocycles. The highest BCUT2D eigenvalue weighted by molar-refractivity contribution is 5.97. The number of ether oxygens (including phenoxy) is 1. The molecule has 0 aliphatic carbocycles. The largest absolute Gasteiger partial charge is 0.385 e. The topological polar surface area (TPSA) is 65.4 Å². The molecule has 0 aromatic heterocycles. The van der Waals surface area contributed by atoms with Crippen molar-refractivity contribution >= 4 is 5.91 Å². The summed E-state index contributed by atoms with van der Waals surface area (Å²) in [5, 5.41) is 11.9. The van der Waals surface area contributed by atoms with E-state index in [-0.39, 0.29) is 11.5 Å². The zero-order chi connectivity index (χ0) is 14.8. The lowest BCUT2D eigenvalue weighted by Gasteiger charge is -2.34. The third-order valence-corrected chi connectivity index (χ3v) is 3.61. The van der Waals surface area contributed by atoms with Gasteiger partial charge in [-0.1, -0.05) is 6.92 Å². The Morgan fingerprint density at radius 3 is 3.00 bits per heavy atom. The smallest absolute Gasteiger partial charge is 0.263 e. The fourth-order valence-electron chi connectivity index (χ4n) is 2.45. The van der Waals surface area contributed by atoms with E-state index in [2.05, 4.69) is 17.1 Å². The van der Waals surface area contributed by atoms with Gasteiger partial charge in [0.1, 0.15) is 11.6 Å². The van der Waals surface area contributed by atoms with Gasteiger partial charge in [0.05, 0.1) is 0 Å². The molecule has 0 radical (unpaired) electrons. The molecule has 0 aromatic carbocycles. The molecule has 1 atom stereocenters. The van der Waals surface area contributed by atoms with Crippen molar-refractivity contribution in [1.82, 2.24) is 10.2 Å². The first kappa shape index (κ1) is 16.5. The SMILES string of the molecule is CCC1CCCCN1/C=C(/C#N)C(=O)NCCCOC. The minimum absolute atomic E-state index is 0.197. The number of likely N-dealkylation sites (tertiary alicyclic amines) is 1. The Kier molecular flexibility index (Phi) is 7.74. The van der Waals surface area contributed by atoms with Crippen LogP contribution in [-0.2, 0) is 9.53 Å². The lowest BCUT2D eigenvalue weighted by atomic mass is 10.0. The van der Waals surface area contributed by atoms with Crippen molar-refractivity contribution < 1.29 is 9.53 Å². The number of nitriles is 1. The number of methoxy groups -OCH3 is 1. The molecule has 1 rings (SSSR count). The lowest BCUT2D eigenvalue weighted by molar-refractivity contribution is -0.117. The number of carbonyl (C=O) groups excluding carboxylic acids is 1. The average molecular weight is 279 g/mol. The van der Waals surface area contributed by atoms with E-state index in [4.69, 9.17) is 10.00 Å². The van der Waals surface area contributed by atoms with Crippen LogP contribution in [0, 0.1) is 11.3 Å². The minimum Gasteiger partial charge on any atom is -0.385 e. The number of hydrogen-bond donors (Lipinski definition) is 1. The van der Waals surface area contributed by atoms with Crippen molar-refractivity contribution in [2.24, 2.45) is 0 Å². The Morgan fingerprint density at radius 2 is 2.35 bits per heavy atom. The van der Waals surface area contributed by atoms with Gasteiger partial charge in [0.2, 0.25) is 0 Å². The second-order valence-electron chi connectivity index (χ2n) is 5.05. The Labute approximate surface area is 121 Å². The van der Waals surface area contributed by atoms with Crippen LogP contribution in [0.2, 0.25) is 0 Å². The van der Waals surface area contributed by atoms with E-state index in [0.717, 1.165) is 32.2 Å². The molecular weight excluding hydrogens is 254 g/mol. The second-order valence-corrected chi connectivity index (χ2v) is 5.05. The highest BCUT2D eigenvalue weighted by Gasteiger charge is 2.20. The summed E-state index contributed by atoms with van der Waals surface area (Å²) in [5.41, 5.74) is 0.197. The molecule has 0 bridgehead atoms. The van der Waals surface area contributed by atoms with E-state index in [9.17, 15) is 4.79 Å². The van der Waals surface area contributed by atoms with Gasteiger partial charge in [-0.25, -0.2) is 0 Å². The fraction of sp³-hybridized carbons (Fsp3) is 0.733. The second kappa shape index (κ2) is 9.38. The van der Waals surface area contributed by atoms with E-state index >= 15 is 0 Å². The number of amides is 1. The molecule has 1 unspecified atom stereocenters. The van der Waals surface area contributed by atoms with Crippen LogP contribution in [0.5, 0.6) is 0 Å². The third kappa shape index (κ3) is 5.22. The summed E-state index contributed by atoms with van der Waals surface area (Å²) in [6.07, 6.45) is 7.03. The Hall–Kier alpha value is -1.54. The maximum atomic E-state index is 11.9. The molecule has 0 aromatic rings.